The summed E-state index contributed by atoms with van der Waals surface area (Å²) in [6.07, 6.45) is 3.48. The van der Waals surface area contributed by atoms with Crippen molar-refractivity contribution in [3.05, 3.63) is 51.2 Å². The molecule has 1 aliphatic rings. The molecule has 0 saturated carbocycles. The van der Waals surface area contributed by atoms with Gasteiger partial charge in [-0.3, -0.25) is 4.79 Å². The molecular weight excluding hydrogens is 304 g/mol. The van der Waals surface area contributed by atoms with Crippen molar-refractivity contribution in [1.82, 2.24) is 5.32 Å². The molecule has 0 aliphatic heterocycles. The Balaban J connectivity index is 1.61. The summed E-state index contributed by atoms with van der Waals surface area (Å²) in [6.45, 7) is 2.86. The van der Waals surface area contributed by atoms with Gasteiger partial charge in [-0.25, -0.2) is 0 Å². The van der Waals surface area contributed by atoms with E-state index in [-0.39, 0.29) is 5.91 Å². The van der Waals surface area contributed by atoms with Crippen LogP contribution in [-0.4, -0.2) is 20.0 Å². The second kappa shape index (κ2) is 6.75. The van der Waals surface area contributed by atoms with Gasteiger partial charge in [-0.1, -0.05) is 19.1 Å². The minimum Gasteiger partial charge on any atom is -0.378 e. The maximum Gasteiger partial charge on any atom is 0.261 e. The quantitative estimate of drug-likeness (QED) is 0.924. The fraction of sp³-hybridized carbons (Fsp3) is 0.421. The molecule has 1 amide bonds. The number of fused-ring (bicyclic) bond motifs is 1. The number of thiophene rings is 1. The molecule has 1 unspecified atom stereocenters. The summed E-state index contributed by atoms with van der Waals surface area (Å²) in [7, 11) is 4.05. The summed E-state index contributed by atoms with van der Waals surface area (Å²) in [6, 6.07) is 10.4. The highest BCUT2D eigenvalue weighted by Gasteiger charge is 2.20. The van der Waals surface area contributed by atoms with E-state index < -0.39 is 0 Å². The van der Waals surface area contributed by atoms with E-state index in [1.807, 2.05) is 14.1 Å². The van der Waals surface area contributed by atoms with Gasteiger partial charge in [0.05, 0.1) is 4.88 Å². The number of anilines is 1. The molecule has 1 aromatic heterocycles. The fourth-order valence-corrected chi connectivity index (χ4v) is 4.12. The first-order valence-electron chi connectivity index (χ1n) is 8.19. The SMILES string of the molecule is CC1CCc2sc(C(=O)NCc3ccc(N(C)C)cc3)cc2C1. The van der Waals surface area contributed by atoms with Crippen molar-refractivity contribution in [2.24, 2.45) is 5.92 Å². The third-order valence-corrected chi connectivity index (χ3v) is 5.69. The van der Waals surface area contributed by atoms with E-state index in [4.69, 9.17) is 0 Å². The van der Waals surface area contributed by atoms with E-state index in [9.17, 15) is 4.79 Å². The Labute approximate surface area is 142 Å². The number of hydrogen-bond acceptors (Lipinski definition) is 3. The van der Waals surface area contributed by atoms with Crippen molar-refractivity contribution in [3.63, 3.8) is 0 Å². The maximum atomic E-state index is 12.4. The second-order valence-electron chi connectivity index (χ2n) is 6.65. The van der Waals surface area contributed by atoms with Crippen LogP contribution in [0.3, 0.4) is 0 Å². The van der Waals surface area contributed by atoms with Crippen LogP contribution in [0.25, 0.3) is 0 Å². The first kappa shape index (κ1) is 16.1. The number of carbonyl (C=O) groups is 1. The first-order valence-corrected chi connectivity index (χ1v) is 9.00. The Morgan fingerprint density at radius 2 is 2.04 bits per heavy atom. The van der Waals surface area contributed by atoms with Crippen molar-refractivity contribution < 1.29 is 4.79 Å². The van der Waals surface area contributed by atoms with E-state index in [1.54, 1.807) is 11.3 Å². The molecule has 0 fully saturated rings. The number of benzene rings is 1. The van der Waals surface area contributed by atoms with E-state index in [2.05, 4.69) is 47.5 Å². The summed E-state index contributed by atoms with van der Waals surface area (Å²) in [5.74, 6) is 0.789. The molecule has 1 aliphatic carbocycles. The zero-order valence-corrected chi connectivity index (χ0v) is 14.9. The molecule has 3 nitrogen and oxygen atoms in total. The second-order valence-corrected chi connectivity index (χ2v) is 7.79. The van der Waals surface area contributed by atoms with Crippen LogP contribution in [0.1, 0.15) is 39.0 Å². The van der Waals surface area contributed by atoms with Crippen molar-refractivity contribution in [3.8, 4) is 0 Å². The number of carbonyl (C=O) groups excluding carboxylic acids is 1. The zero-order chi connectivity index (χ0) is 16.4. The number of aryl methyl sites for hydroxylation is 1. The van der Waals surface area contributed by atoms with Crippen molar-refractivity contribution in [1.29, 1.82) is 0 Å². The van der Waals surface area contributed by atoms with Gasteiger partial charge < -0.3 is 10.2 Å². The largest absolute Gasteiger partial charge is 0.378 e. The van der Waals surface area contributed by atoms with Crippen molar-refractivity contribution in [2.75, 3.05) is 19.0 Å². The average Bonchev–Trinajstić information content (AvgIpc) is 2.96. The highest BCUT2D eigenvalue weighted by molar-refractivity contribution is 7.14. The summed E-state index contributed by atoms with van der Waals surface area (Å²) in [5.41, 5.74) is 3.67. The lowest BCUT2D eigenvalue weighted by molar-refractivity contribution is 0.0955. The summed E-state index contributed by atoms with van der Waals surface area (Å²) in [5, 5.41) is 3.04. The lowest BCUT2D eigenvalue weighted by Gasteiger charge is -2.16. The Morgan fingerprint density at radius 3 is 2.74 bits per heavy atom. The molecule has 1 N–H and O–H groups in total. The molecule has 1 heterocycles. The molecule has 3 rings (SSSR count). The minimum absolute atomic E-state index is 0.0498. The lowest BCUT2D eigenvalue weighted by atomic mass is 9.90. The predicted molar refractivity (Wildman–Crippen MR) is 97.4 cm³/mol. The monoisotopic (exact) mass is 328 g/mol. The number of nitrogens with zero attached hydrogens (tertiary/aromatic N) is 1. The minimum atomic E-state index is 0.0498. The Bertz CT molecular complexity index is 688. The van der Waals surface area contributed by atoms with Gasteiger partial charge in [0.15, 0.2) is 0 Å². The van der Waals surface area contributed by atoms with Gasteiger partial charge in [0.25, 0.3) is 5.91 Å². The summed E-state index contributed by atoms with van der Waals surface area (Å²) >= 11 is 1.67. The molecule has 0 bridgehead atoms. The van der Waals surface area contributed by atoms with E-state index in [0.717, 1.165) is 29.2 Å². The zero-order valence-electron chi connectivity index (χ0n) is 14.1. The van der Waals surface area contributed by atoms with Gasteiger partial charge in [-0.15, -0.1) is 11.3 Å². The molecule has 0 saturated heterocycles. The molecule has 23 heavy (non-hydrogen) atoms. The molecule has 0 spiro atoms. The molecule has 1 aromatic carbocycles. The number of nitrogens with one attached hydrogen (secondary N) is 1. The van der Waals surface area contributed by atoms with Crippen LogP contribution in [-0.2, 0) is 19.4 Å². The number of amides is 1. The topological polar surface area (TPSA) is 32.3 Å². The molecule has 4 heteroatoms. The normalized spacial score (nSPS) is 16.7. The number of hydrogen-bond donors (Lipinski definition) is 1. The van der Waals surface area contributed by atoms with Crippen LogP contribution < -0.4 is 10.2 Å². The summed E-state index contributed by atoms with van der Waals surface area (Å²) in [4.78, 5) is 16.7. The van der Waals surface area contributed by atoms with Gasteiger partial charge in [0.2, 0.25) is 0 Å². The van der Waals surface area contributed by atoms with Gasteiger partial charge >= 0.3 is 0 Å². The van der Waals surface area contributed by atoms with Gasteiger partial charge in [-0.2, -0.15) is 0 Å². The van der Waals surface area contributed by atoms with Crippen LogP contribution >= 0.6 is 11.3 Å². The standard InChI is InChI=1S/C19H24N2OS/c1-13-4-9-17-15(10-13)11-18(23-17)19(22)20-12-14-5-7-16(8-6-14)21(2)3/h5-8,11,13H,4,9-10,12H2,1-3H3,(H,20,22). The molecular formula is C19H24N2OS. The molecule has 1 atom stereocenters. The fourth-order valence-electron chi connectivity index (χ4n) is 3.00. The van der Waals surface area contributed by atoms with Gasteiger partial charge in [0, 0.05) is 31.2 Å². The Kier molecular flexibility index (Phi) is 4.71. The molecule has 2 aromatic rings. The van der Waals surface area contributed by atoms with E-state index in [0.29, 0.717) is 6.54 Å². The van der Waals surface area contributed by atoms with Crippen LogP contribution in [0.2, 0.25) is 0 Å². The van der Waals surface area contributed by atoms with Crippen molar-refractivity contribution in [2.45, 2.75) is 32.7 Å². The van der Waals surface area contributed by atoms with Crippen LogP contribution in [0.15, 0.2) is 30.3 Å². The van der Waals surface area contributed by atoms with E-state index in [1.165, 1.54) is 22.5 Å². The van der Waals surface area contributed by atoms with Crippen molar-refractivity contribution >= 4 is 22.9 Å². The maximum absolute atomic E-state index is 12.4. The Morgan fingerprint density at radius 1 is 1.30 bits per heavy atom. The predicted octanol–water partition coefficient (Wildman–Crippen LogP) is 3.87. The molecule has 122 valence electrons. The summed E-state index contributed by atoms with van der Waals surface area (Å²) < 4.78 is 0. The highest BCUT2D eigenvalue weighted by Crippen LogP contribution is 2.32. The van der Waals surface area contributed by atoms with Gasteiger partial charge in [0.1, 0.15) is 0 Å². The van der Waals surface area contributed by atoms with Gasteiger partial charge in [-0.05, 0) is 54.5 Å². The third-order valence-electron chi connectivity index (χ3n) is 4.46. The average molecular weight is 328 g/mol. The Hall–Kier alpha value is -1.81. The van der Waals surface area contributed by atoms with E-state index >= 15 is 0 Å². The highest BCUT2D eigenvalue weighted by atomic mass is 32.1. The lowest BCUT2D eigenvalue weighted by Crippen LogP contribution is -2.21. The molecule has 0 radical (unpaired) electrons. The van der Waals surface area contributed by atoms with Crippen LogP contribution in [0.4, 0.5) is 5.69 Å². The smallest absolute Gasteiger partial charge is 0.261 e. The number of rotatable bonds is 4. The van der Waals surface area contributed by atoms with Crippen LogP contribution in [0.5, 0.6) is 0 Å². The first-order chi connectivity index (χ1) is 11.0. The van der Waals surface area contributed by atoms with Crippen LogP contribution in [0, 0.1) is 5.92 Å². The third kappa shape index (κ3) is 3.75.